The van der Waals surface area contributed by atoms with E-state index in [0.717, 1.165) is 36.6 Å². The van der Waals surface area contributed by atoms with E-state index in [1.165, 1.54) is 12.1 Å². The molecule has 0 saturated carbocycles. The Hall–Kier alpha value is -1.68. The van der Waals surface area contributed by atoms with Crippen LogP contribution in [0.2, 0.25) is 0 Å². The van der Waals surface area contributed by atoms with Crippen LogP contribution in [0, 0.1) is 5.82 Å². The van der Waals surface area contributed by atoms with Gasteiger partial charge in [0.15, 0.2) is 0 Å². The molecule has 1 aromatic heterocycles. The van der Waals surface area contributed by atoms with Gasteiger partial charge < -0.3 is 9.88 Å². The van der Waals surface area contributed by atoms with E-state index in [-0.39, 0.29) is 5.82 Å². The van der Waals surface area contributed by atoms with Gasteiger partial charge in [-0.3, -0.25) is 0 Å². The lowest BCUT2D eigenvalue weighted by molar-refractivity contribution is 0.517. The number of benzene rings is 1. The van der Waals surface area contributed by atoms with Gasteiger partial charge in [-0.2, -0.15) is 0 Å². The summed E-state index contributed by atoms with van der Waals surface area (Å²) in [6.07, 6.45) is 1.83. The van der Waals surface area contributed by atoms with Gasteiger partial charge in [-0.25, -0.2) is 9.37 Å². The lowest BCUT2D eigenvalue weighted by atomic mass is 10.1. The van der Waals surface area contributed by atoms with Gasteiger partial charge in [-0.05, 0) is 12.1 Å². The molecule has 0 unspecified atom stereocenters. The summed E-state index contributed by atoms with van der Waals surface area (Å²) in [6, 6.07) is 6.58. The zero-order valence-corrected chi connectivity index (χ0v) is 8.78. The van der Waals surface area contributed by atoms with Crippen molar-refractivity contribution in [1.29, 1.82) is 0 Å². The van der Waals surface area contributed by atoms with E-state index in [1.54, 1.807) is 6.07 Å². The number of hydrogen-bond acceptors (Lipinski definition) is 2. The minimum absolute atomic E-state index is 0.219. The van der Waals surface area contributed by atoms with Crippen molar-refractivity contribution < 1.29 is 4.39 Å². The quantitative estimate of drug-likeness (QED) is 0.789. The van der Waals surface area contributed by atoms with E-state index in [2.05, 4.69) is 14.9 Å². The Morgan fingerprint density at radius 2 is 2.31 bits per heavy atom. The van der Waals surface area contributed by atoms with Crippen LogP contribution < -0.4 is 5.32 Å². The summed E-state index contributed by atoms with van der Waals surface area (Å²) in [5, 5.41) is 3.30. The molecule has 3 rings (SSSR count). The van der Waals surface area contributed by atoms with Gasteiger partial charge in [0.1, 0.15) is 5.82 Å². The monoisotopic (exact) mass is 217 g/mol. The number of fused-ring (bicyclic) bond motifs is 1. The molecule has 1 aromatic carbocycles. The highest BCUT2D eigenvalue weighted by molar-refractivity contribution is 5.62. The van der Waals surface area contributed by atoms with Gasteiger partial charge in [0, 0.05) is 25.2 Å². The molecule has 0 aliphatic carbocycles. The molecular weight excluding hydrogens is 205 g/mol. The van der Waals surface area contributed by atoms with Gasteiger partial charge >= 0.3 is 0 Å². The predicted molar refractivity (Wildman–Crippen MR) is 59.3 cm³/mol. The zero-order chi connectivity index (χ0) is 11.0. The number of halogens is 1. The van der Waals surface area contributed by atoms with Gasteiger partial charge in [0.2, 0.25) is 0 Å². The van der Waals surface area contributed by atoms with Crippen molar-refractivity contribution in [2.24, 2.45) is 0 Å². The number of aromatic nitrogens is 2. The van der Waals surface area contributed by atoms with Crippen LogP contribution in [0.1, 0.15) is 5.69 Å². The van der Waals surface area contributed by atoms with Crippen molar-refractivity contribution in [2.45, 2.75) is 13.1 Å². The Morgan fingerprint density at radius 3 is 3.19 bits per heavy atom. The Bertz CT molecular complexity index is 519. The maximum Gasteiger partial charge on any atom is 0.123 e. The molecule has 0 amide bonds. The molecule has 0 bridgehead atoms. The molecule has 3 nitrogen and oxygen atoms in total. The summed E-state index contributed by atoms with van der Waals surface area (Å²) in [7, 11) is 0. The third kappa shape index (κ3) is 1.51. The standard InChI is InChI=1S/C12H12FN3/c13-10-3-1-2-9(6-10)12-11-7-14-4-5-16(11)8-15-12/h1-3,6,8,14H,4-5,7H2. The molecule has 1 aliphatic heterocycles. The first-order valence-electron chi connectivity index (χ1n) is 5.35. The van der Waals surface area contributed by atoms with Crippen molar-refractivity contribution >= 4 is 0 Å². The van der Waals surface area contributed by atoms with E-state index in [0.29, 0.717) is 0 Å². The Balaban J connectivity index is 2.09. The highest BCUT2D eigenvalue weighted by Gasteiger charge is 2.15. The fraction of sp³-hybridized carbons (Fsp3) is 0.250. The Kier molecular flexibility index (Phi) is 2.22. The maximum absolute atomic E-state index is 13.1. The van der Waals surface area contributed by atoms with Crippen molar-refractivity contribution in [3.63, 3.8) is 0 Å². The van der Waals surface area contributed by atoms with Crippen molar-refractivity contribution in [2.75, 3.05) is 6.54 Å². The third-order valence-corrected chi connectivity index (χ3v) is 2.87. The number of nitrogens with one attached hydrogen (secondary N) is 1. The third-order valence-electron chi connectivity index (χ3n) is 2.87. The van der Waals surface area contributed by atoms with Crippen LogP contribution in [-0.2, 0) is 13.1 Å². The lowest BCUT2D eigenvalue weighted by Gasteiger charge is -2.16. The molecule has 1 aliphatic rings. The summed E-state index contributed by atoms with van der Waals surface area (Å²) < 4.78 is 15.3. The second kappa shape index (κ2) is 3.72. The van der Waals surface area contributed by atoms with E-state index < -0.39 is 0 Å². The normalized spacial score (nSPS) is 14.8. The molecule has 0 saturated heterocycles. The molecule has 4 heteroatoms. The largest absolute Gasteiger partial charge is 0.332 e. The highest BCUT2D eigenvalue weighted by Crippen LogP contribution is 2.23. The topological polar surface area (TPSA) is 29.9 Å². The summed E-state index contributed by atoms with van der Waals surface area (Å²) in [5.41, 5.74) is 2.86. The van der Waals surface area contributed by atoms with Crippen LogP contribution in [0.15, 0.2) is 30.6 Å². The van der Waals surface area contributed by atoms with Crippen molar-refractivity contribution in [3.05, 3.63) is 42.1 Å². The average Bonchev–Trinajstić information content (AvgIpc) is 2.72. The van der Waals surface area contributed by atoms with Gasteiger partial charge in [-0.1, -0.05) is 12.1 Å². The van der Waals surface area contributed by atoms with Gasteiger partial charge in [0.05, 0.1) is 17.7 Å². The molecule has 0 atom stereocenters. The molecule has 0 radical (unpaired) electrons. The molecular formula is C12H12FN3. The van der Waals surface area contributed by atoms with Crippen LogP contribution in [0.5, 0.6) is 0 Å². The molecule has 82 valence electrons. The van der Waals surface area contributed by atoms with E-state index in [1.807, 2.05) is 12.4 Å². The summed E-state index contributed by atoms with van der Waals surface area (Å²) in [5.74, 6) is -0.219. The number of imidazole rings is 1. The number of nitrogens with zero attached hydrogens (tertiary/aromatic N) is 2. The molecule has 2 aromatic rings. The minimum Gasteiger partial charge on any atom is -0.332 e. The number of hydrogen-bond donors (Lipinski definition) is 1. The fourth-order valence-electron chi connectivity index (χ4n) is 2.07. The molecule has 16 heavy (non-hydrogen) atoms. The second-order valence-corrected chi connectivity index (χ2v) is 3.92. The van der Waals surface area contributed by atoms with E-state index >= 15 is 0 Å². The van der Waals surface area contributed by atoms with E-state index in [4.69, 9.17) is 0 Å². The Morgan fingerprint density at radius 1 is 1.38 bits per heavy atom. The molecule has 2 heterocycles. The molecule has 0 spiro atoms. The average molecular weight is 217 g/mol. The summed E-state index contributed by atoms with van der Waals surface area (Å²) >= 11 is 0. The predicted octanol–water partition coefficient (Wildman–Crippen LogP) is 1.79. The maximum atomic E-state index is 13.1. The summed E-state index contributed by atoms with van der Waals surface area (Å²) in [4.78, 5) is 4.37. The smallest absolute Gasteiger partial charge is 0.123 e. The van der Waals surface area contributed by atoms with Crippen LogP contribution in [-0.4, -0.2) is 16.1 Å². The first-order valence-corrected chi connectivity index (χ1v) is 5.35. The van der Waals surface area contributed by atoms with Crippen molar-refractivity contribution in [3.8, 4) is 11.3 Å². The van der Waals surface area contributed by atoms with Crippen molar-refractivity contribution in [1.82, 2.24) is 14.9 Å². The van der Waals surface area contributed by atoms with Crippen LogP contribution >= 0.6 is 0 Å². The SMILES string of the molecule is Fc1cccc(-c2ncn3c2CNCC3)c1. The first kappa shape index (κ1) is 9.54. The van der Waals surface area contributed by atoms with Gasteiger partial charge in [0.25, 0.3) is 0 Å². The second-order valence-electron chi connectivity index (χ2n) is 3.92. The first-order chi connectivity index (χ1) is 7.84. The molecule has 1 N–H and O–H groups in total. The highest BCUT2D eigenvalue weighted by atomic mass is 19.1. The van der Waals surface area contributed by atoms with Crippen LogP contribution in [0.3, 0.4) is 0 Å². The summed E-state index contributed by atoms with van der Waals surface area (Å²) in [6.45, 7) is 2.69. The van der Waals surface area contributed by atoms with Crippen LogP contribution in [0.4, 0.5) is 4.39 Å². The fourth-order valence-corrected chi connectivity index (χ4v) is 2.07. The van der Waals surface area contributed by atoms with Crippen LogP contribution in [0.25, 0.3) is 11.3 Å². The molecule has 0 fully saturated rings. The zero-order valence-electron chi connectivity index (χ0n) is 8.78. The Labute approximate surface area is 92.9 Å². The van der Waals surface area contributed by atoms with Gasteiger partial charge in [-0.15, -0.1) is 0 Å². The van der Waals surface area contributed by atoms with E-state index in [9.17, 15) is 4.39 Å². The minimum atomic E-state index is -0.219. The number of rotatable bonds is 1. The lowest BCUT2D eigenvalue weighted by Crippen LogP contribution is -2.27.